The highest BCUT2D eigenvalue weighted by atomic mass is 16.6. The second kappa shape index (κ2) is 8.14. The molecular formula is C26H26N2O5. The summed E-state index contributed by atoms with van der Waals surface area (Å²) in [5, 5.41) is 1.00. The van der Waals surface area contributed by atoms with Gasteiger partial charge in [0.05, 0.1) is 29.0 Å². The van der Waals surface area contributed by atoms with Crippen LogP contribution in [0.1, 0.15) is 62.6 Å². The van der Waals surface area contributed by atoms with E-state index in [1.807, 2.05) is 30.3 Å². The van der Waals surface area contributed by atoms with Crippen LogP contribution in [0.3, 0.4) is 0 Å². The molecule has 4 heterocycles. The number of rotatable bonds is 6. The highest BCUT2D eigenvalue weighted by Gasteiger charge is 2.50. The van der Waals surface area contributed by atoms with Gasteiger partial charge in [-0.2, -0.15) is 0 Å². The van der Waals surface area contributed by atoms with Crippen molar-refractivity contribution in [1.29, 1.82) is 0 Å². The number of hydrogen-bond donors (Lipinski definition) is 0. The predicted molar refractivity (Wildman–Crippen MR) is 123 cm³/mol. The molecule has 0 fully saturated rings. The number of cyclic esters (lactones) is 1. The maximum absolute atomic E-state index is 13.5. The van der Waals surface area contributed by atoms with Crippen LogP contribution in [0.2, 0.25) is 0 Å². The normalized spacial score (nSPS) is 18.4. The molecule has 7 nitrogen and oxygen atoms in total. The molecule has 0 bridgehead atoms. The molecule has 0 saturated carbocycles. The SMILES string of the molecule is CCCCCC(=O)O[C@]1(CC)C(=O)OCc2c1cc1n(c2=O)Cc2cc3ccccc3nc2-1. The number of hydrogen-bond acceptors (Lipinski definition) is 6. The third kappa shape index (κ3) is 3.34. The van der Waals surface area contributed by atoms with Gasteiger partial charge in [-0.25, -0.2) is 9.78 Å². The molecule has 0 spiro atoms. The van der Waals surface area contributed by atoms with Crippen molar-refractivity contribution in [2.24, 2.45) is 0 Å². The number of carbonyl (C=O) groups is 2. The number of nitrogens with zero attached hydrogens (tertiary/aromatic N) is 2. The van der Waals surface area contributed by atoms with Crippen molar-refractivity contribution in [3.63, 3.8) is 0 Å². The minimum absolute atomic E-state index is 0.131. The number of para-hydroxylation sites is 1. The van der Waals surface area contributed by atoms with Crippen LogP contribution >= 0.6 is 0 Å². The van der Waals surface area contributed by atoms with Crippen LogP contribution in [0.4, 0.5) is 0 Å². The monoisotopic (exact) mass is 446 g/mol. The Morgan fingerprint density at radius 3 is 2.79 bits per heavy atom. The summed E-state index contributed by atoms with van der Waals surface area (Å²) in [4.78, 5) is 43.9. The van der Waals surface area contributed by atoms with Crippen LogP contribution in [0.5, 0.6) is 0 Å². The third-order valence-electron chi connectivity index (χ3n) is 6.66. The molecule has 1 aromatic carbocycles. The lowest BCUT2D eigenvalue weighted by molar-refractivity contribution is -0.189. The smallest absolute Gasteiger partial charge is 0.355 e. The first kappa shape index (κ1) is 21.4. The van der Waals surface area contributed by atoms with Gasteiger partial charge >= 0.3 is 11.9 Å². The molecule has 2 aliphatic heterocycles. The number of carbonyl (C=O) groups excluding carboxylic acids is 2. The summed E-state index contributed by atoms with van der Waals surface area (Å²) in [5.74, 6) is -1.09. The summed E-state index contributed by atoms with van der Waals surface area (Å²) >= 11 is 0. The van der Waals surface area contributed by atoms with E-state index in [0.717, 1.165) is 29.3 Å². The molecule has 0 aliphatic carbocycles. The molecular weight excluding hydrogens is 420 g/mol. The van der Waals surface area contributed by atoms with Crippen LogP contribution in [-0.4, -0.2) is 21.5 Å². The summed E-state index contributed by atoms with van der Waals surface area (Å²) in [5.41, 5.74) is 2.05. The van der Waals surface area contributed by atoms with Gasteiger partial charge in [-0.3, -0.25) is 9.59 Å². The van der Waals surface area contributed by atoms with E-state index in [0.29, 0.717) is 35.5 Å². The van der Waals surface area contributed by atoms with Crippen LogP contribution in [0.25, 0.3) is 22.3 Å². The molecule has 0 radical (unpaired) electrons. The van der Waals surface area contributed by atoms with E-state index in [1.54, 1.807) is 17.6 Å². The van der Waals surface area contributed by atoms with Crippen molar-refractivity contribution >= 4 is 22.8 Å². The fraction of sp³-hybridized carbons (Fsp3) is 0.385. The van der Waals surface area contributed by atoms with E-state index in [9.17, 15) is 14.4 Å². The maximum Gasteiger partial charge on any atom is 0.355 e. The molecule has 3 aromatic rings. The third-order valence-corrected chi connectivity index (χ3v) is 6.66. The Bertz CT molecular complexity index is 1340. The topological polar surface area (TPSA) is 87.5 Å². The summed E-state index contributed by atoms with van der Waals surface area (Å²) in [6.07, 6.45) is 2.97. The van der Waals surface area contributed by atoms with E-state index < -0.39 is 17.5 Å². The lowest BCUT2D eigenvalue weighted by Gasteiger charge is -2.35. The molecule has 1 atom stereocenters. The van der Waals surface area contributed by atoms with Crippen molar-refractivity contribution in [3.05, 3.63) is 63.4 Å². The Morgan fingerprint density at radius 2 is 2.00 bits per heavy atom. The largest absolute Gasteiger partial charge is 0.457 e. The maximum atomic E-state index is 13.5. The van der Waals surface area contributed by atoms with Crippen LogP contribution in [-0.2, 0) is 37.8 Å². The van der Waals surface area contributed by atoms with Crippen molar-refractivity contribution in [1.82, 2.24) is 9.55 Å². The summed E-state index contributed by atoms with van der Waals surface area (Å²) < 4.78 is 12.8. The van der Waals surface area contributed by atoms with Crippen LogP contribution < -0.4 is 5.56 Å². The Balaban J connectivity index is 1.64. The van der Waals surface area contributed by atoms with Gasteiger partial charge in [0.2, 0.25) is 5.60 Å². The average Bonchev–Trinajstić information content (AvgIpc) is 3.17. The Labute approximate surface area is 191 Å². The van der Waals surface area contributed by atoms with Gasteiger partial charge in [0.1, 0.15) is 6.61 Å². The summed E-state index contributed by atoms with van der Waals surface area (Å²) in [7, 11) is 0. The van der Waals surface area contributed by atoms with E-state index in [4.69, 9.17) is 14.5 Å². The Hall–Kier alpha value is -3.48. The lowest BCUT2D eigenvalue weighted by atomic mass is 9.85. The highest BCUT2D eigenvalue weighted by Crippen LogP contribution is 2.41. The molecule has 0 amide bonds. The predicted octanol–water partition coefficient (Wildman–Crippen LogP) is 4.21. The van der Waals surface area contributed by atoms with Crippen LogP contribution in [0, 0.1) is 0 Å². The van der Waals surface area contributed by atoms with Gasteiger partial charge < -0.3 is 14.0 Å². The van der Waals surface area contributed by atoms with E-state index >= 15 is 0 Å². The molecule has 7 heteroatoms. The summed E-state index contributed by atoms with van der Waals surface area (Å²) in [6.45, 7) is 4.09. The van der Waals surface area contributed by atoms with Crippen molar-refractivity contribution in [2.45, 2.75) is 64.7 Å². The number of aromatic nitrogens is 2. The first-order valence-corrected chi connectivity index (χ1v) is 11.5. The zero-order valence-electron chi connectivity index (χ0n) is 18.8. The molecule has 0 saturated heterocycles. The highest BCUT2D eigenvalue weighted by molar-refractivity contribution is 5.88. The molecule has 0 unspecified atom stereocenters. The molecule has 2 aromatic heterocycles. The first-order valence-electron chi connectivity index (χ1n) is 11.5. The first-order chi connectivity index (χ1) is 16.0. The number of benzene rings is 1. The molecule has 170 valence electrons. The second-order valence-corrected chi connectivity index (χ2v) is 8.69. The summed E-state index contributed by atoms with van der Waals surface area (Å²) in [6, 6.07) is 11.6. The number of esters is 2. The number of ether oxygens (including phenoxy) is 2. The molecule has 2 aliphatic rings. The molecule has 5 rings (SSSR count). The van der Waals surface area contributed by atoms with Gasteiger partial charge in [-0.05, 0) is 31.0 Å². The van der Waals surface area contributed by atoms with Gasteiger partial charge in [-0.1, -0.05) is 44.9 Å². The van der Waals surface area contributed by atoms with Gasteiger partial charge in [0, 0.05) is 22.9 Å². The Morgan fingerprint density at radius 1 is 1.18 bits per heavy atom. The van der Waals surface area contributed by atoms with Gasteiger partial charge in [0.15, 0.2) is 0 Å². The average molecular weight is 447 g/mol. The molecule has 33 heavy (non-hydrogen) atoms. The van der Waals surface area contributed by atoms with E-state index in [1.165, 1.54) is 0 Å². The van der Waals surface area contributed by atoms with Crippen molar-refractivity contribution < 1.29 is 19.1 Å². The number of fused-ring (bicyclic) bond motifs is 5. The zero-order chi connectivity index (χ0) is 23.2. The molecule has 0 N–H and O–H groups in total. The second-order valence-electron chi connectivity index (χ2n) is 8.69. The van der Waals surface area contributed by atoms with E-state index in [-0.39, 0.29) is 25.0 Å². The van der Waals surface area contributed by atoms with Crippen LogP contribution in [0.15, 0.2) is 41.2 Å². The zero-order valence-corrected chi connectivity index (χ0v) is 18.8. The quantitative estimate of drug-likeness (QED) is 0.326. The number of pyridine rings is 2. The fourth-order valence-corrected chi connectivity index (χ4v) is 4.85. The minimum Gasteiger partial charge on any atom is -0.457 e. The standard InChI is InChI=1S/C26H26N2O5/c1-3-5-6-11-22(29)33-26(4-2)19-13-21-23-17(12-16-9-7-8-10-20(16)27-23)14-28(21)24(30)18(19)15-32-25(26)31/h7-10,12-13H,3-6,11,14-15H2,1-2H3/t26-/m0/s1. The van der Waals surface area contributed by atoms with Crippen molar-refractivity contribution in [2.75, 3.05) is 0 Å². The van der Waals surface area contributed by atoms with Crippen molar-refractivity contribution in [3.8, 4) is 11.4 Å². The fourth-order valence-electron chi connectivity index (χ4n) is 4.85. The van der Waals surface area contributed by atoms with Gasteiger partial charge in [-0.15, -0.1) is 0 Å². The Kier molecular flexibility index (Phi) is 5.27. The number of unbranched alkanes of at least 4 members (excludes halogenated alkanes) is 2. The minimum atomic E-state index is -1.62. The van der Waals surface area contributed by atoms with Gasteiger partial charge in [0.25, 0.3) is 5.56 Å². The van der Waals surface area contributed by atoms with E-state index in [2.05, 4.69) is 6.92 Å². The lowest BCUT2D eigenvalue weighted by Crippen LogP contribution is -2.47.